The molecule has 6 heteroatoms. The number of carbonyl (C=O) groups excluding carboxylic acids is 1. The lowest BCUT2D eigenvalue weighted by molar-refractivity contribution is -0.139. The second-order valence-electron chi connectivity index (χ2n) is 4.99. The van der Waals surface area contributed by atoms with Gasteiger partial charge >= 0.3 is 12.0 Å². The molecule has 0 aliphatic heterocycles. The molecule has 21 heavy (non-hydrogen) atoms. The van der Waals surface area contributed by atoms with Crippen molar-refractivity contribution in [1.29, 1.82) is 0 Å². The minimum atomic E-state index is -1.08. The second-order valence-corrected chi connectivity index (χ2v) is 4.99. The van der Waals surface area contributed by atoms with Crippen LogP contribution in [0.2, 0.25) is 0 Å². The molecule has 116 valence electrons. The number of nitrogens with zero attached hydrogens (tertiary/aromatic N) is 1. The fraction of sp³-hybridized carbons (Fsp3) is 0.467. The number of unbranched alkanes of at least 4 members (excludes halogenated alkanes) is 1. The predicted molar refractivity (Wildman–Crippen MR) is 79.3 cm³/mol. The standard InChI is InChI=1S/C15H22N2O4/c1-3-4-9-17(2)15(21)16-13(14(19)20)10-11-5-7-12(18)8-6-11/h5-8,13,18H,3-4,9-10H2,1-2H3,(H,16,21)(H,19,20)/t13-/m0/s1. The third kappa shape index (κ3) is 5.72. The number of hydrogen-bond donors (Lipinski definition) is 3. The Morgan fingerprint density at radius 3 is 2.43 bits per heavy atom. The van der Waals surface area contributed by atoms with E-state index in [2.05, 4.69) is 5.32 Å². The Morgan fingerprint density at radius 2 is 1.90 bits per heavy atom. The average molecular weight is 294 g/mol. The van der Waals surface area contributed by atoms with Crippen molar-refractivity contribution in [3.63, 3.8) is 0 Å². The molecule has 0 heterocycles. The highest BCUT2D eigenvalue weighted by atomic mass is 16.4. The van der Waals surface area contributed by atoms with Crippen LogP contribution in [-0.4, -0.2) is 46.7 Å². The van der Waals surface area contributed by atoms with Crippen molar-refractivity contribution in [3.8, 4) is 5.75 Å². The molecular weight excluding hydrogens is 272 g/mol. The van der Waals surface area contributed by atoms with E-state index < -0.39 is 18.0 Å². The molecule has 0 aromatic heterocycles. The Labute approximate surface area is 124 Å². The zero-order chi connectivity index (χ0) is 15.8. The molecule has 0 saturated heterocycles. The number of aliphatic carboxylic acids is 1. The maximum Gasteiger partial charge on any atom is 0.326 e. The van der Waals surface area contributed by atoms with Crippen LogP contribution in [0.5, 0.6) is 5.75 Å². The number of phenolic OH excluding ortho intramolecular Hbond substituents is 1. The van der Waals surface area contributed by atoms with E-state index in [9.17, 15) is 19.8 Å². The van der Waals surface area contributed by atoms with Gasteiger partial charge in [-0.1, -0.05) is 25.5 Å². The van der Waals surface area contributed by atoms with Gasteiger partial charge in [0, 0.05) is 20.0 Å². The molecule has 3 N–H and O–H groups in total. The van der Waals surface area contributed by atoms with Crippen LogP contribution in [0, 0.1) is 0 Å². The Hall–Kier alpha value is -2.24. The number of hydrogen-bond acceptors (Lipinski definition) is 3. The number of benzene rings is 1. The Balaban J connectivity index is 2.63. The lowest BCUT2D eigenvalue weighted by Gasteiger charge is -2.21. The molecule has 1 atom stereocenters. The number of aromatic hydroxyl groups is 1. The van der Waals surface area contributed by atoms with Crippen LogP contribution < -0.4 is 5.32 Å². The van der Waals surface area contributed by atoms with Gasteiger partial charge in [-0.2, -0.15) is 0 Å². The van der Waals surface area contributed by atoms with Crippen LogP contribution >= 0.6 is 0 Å². The maximum absolute atomic E-state index is 11.9. The lowest BCUT2D eigenvalue weighted by Crippen LogP contribution is -2.47. The first-order valence-corrected chi connectivity index (χ1v) is 6.96. The number of urea groups is 1. The van der Waals surface area contributed by atoms with Crippen molar-refractivity contribution < 1.29 is 19.8 Å². The predicted octanol–water partition coefficient (Wildman–Crippen LogP) is 1.83. The fourth-order valence-corrected chi connectivity index (χ4v) is 1.82. The van der Waals surface area contributed by atoms with Crippen molar-refractivity contribution >= 4 is 12.0 Å². The molecule has 0 spiro atoms. The summed E-state index contributed by atoms with van der Waals surface area (Å²) < 4.78 is 0. The number of carboxylic acid groups (broad SMARTS) is 1. The summed E-state index contributed by atoms with van der Waals surface area (Å²) >= 11 is 0. The van der Waals surface area contributed by atoms with E-state index in [-0.39, 0.29) is 12.2 Å². The molecule has 2 amide bonds. The zero-order valence-corrected chi connectivity index (χ0v) is 12.4. The van der Waals surface area contributed by atoms with Crippen LogP contribution in [-0.2, 0) is 11.2 Å². The highest BCUT2D eigenvalue weighted by Crippen LogP contribution is 2.11. The van der Waals surface area contributed by atoms with Gasteiger partial charge in [0.1, 0.15) is 11.8 Å². The first kappa shape index (κ1) is 16.8. The summed E-state index contributed by atoms with van der Waals surface area (Å²) in [5.74, 6) is -0.964. The smallest absolute Gasteiger partial charge is 0.326 e. The van der Waals surface area contributed by atoms with E-state index in [0.717, 1.165) is 18.4 Å². The Morgan fingerprint density at radius 1 is 1.29 bits per heavy atom. The summed E-state index contributed by atoms with van der Waals surface area (Å²) in [6.45, 7) is 2.62. The highest BCUT2D eigenvalue weighted by molar-refractivity contribution is 5.82. The fourth-order valence-electron chi connectivity index (χ4n) is 1.82. The van der Waals surface area contributed by atoms with Gasteiger partial charge in [0.05, 0.1) is 0 Å². The largest absolute Gasteiger partial charge is 0.508 e. The van der Waals surface area contributed by atoms with Gasteiger partial charge in [-0.25, -0.2) is 9.59 Å². The van der Waals surface area contributed by atoms with Gasteiger partial charge in [-0.15, -0.1) is 0 Å². The van der Waals surface area contributed by atoms with Gasteiger partial charge in [-0.3, -0.25) is 0 Å². The molecule has 0 aliphatic rings. The van der Waals surface area contributed by atoms with Crippen LogP contribution in [0.4, 0.5) is 4.79 Å². The second kappa shape index (κ2) is 8.14. The summed E-state index contributed by atoms with van der Waals surface area (Å²) in [5.41, 5.74) is 0.733. The van der Waals surface area contributed by atoms with Crippen molar-refractivity contribution in [1.82, 2.24) is 10.2 Å². The summed E-state index contributed by atoms with van der Waals surface area (Å²) in [5, 5.41) is 20.9. The summed E-state index contributed by atoms with van der Waals surface area (Å²) in [7, 11) is 1.64. The summed E-state index contributed by atoms with van der Waals surface area (Å²) in [4.78, 5) is 24.7. The van der Waals surface area contributed by atoms with Crippen LogP contribution in [0.25, 0.3) is 0 Å². The van der Waals surface area contributed by atoms with Gasteiger partial charge < -0.3 is 20.4 Å². The number of carbonyl (C=O) groups is 2. The van der Waals surface area contributed by atoms with Crippen LogP contribution in [0.3, 0.4) is 0 Å². The SMILES string of the molecule is CCCCN(C)C(=O)N[C@@H](Cc1ccc(O)cc1)C(=O)O. The first-order chi connectivity index (χ1) is 9.93. The van der Waals surface area contributed by atoms with Crippen molar-refractivity contribution in [2.75, 3.05) is 13.6 Å². The highest BCUT2D eigenvalue weighted by Gasteiger charge is 2.21. The Kier molecular flexibility index (Phi) is 6.52. The molecule has 1 rings (SSSR count). The Bertz CT molecular complexity index is 473. The van der Waals surface area contributed by atoms with E-state index in [1.165, 1.54) is 17.0 Å². The quantitative estimate of drug-likeness (QED) is 0.715. The molecular formula is C15H22N2O4. The molecule has 0 bridgehead atoms. The molecule has 1 aromatic rings. The van der Waals surface area contributed by atoms with Crippen molar-refractivity contribution in [2.45, 2.75) is 32.2 Å². The minimum absolute atomic E-state index is 0.119. The van der Waals surface area contributed by atoms with E-state index in [1.54, 1.807) is 19.2 Å². The molecule has 1 aromatic carbocycles. The molecule has 0 fully saturated rings. The van der Waals surface area contributed by atoms with E-state index in [1.807, 2.05) is 6.92 Å². The average Bonchev–Trinajstić information content (AvgIpc) is 2.45. The third-order valence-corrected chi connectivity index (χ3v) is 3.17. The molecule has 6 nitrogen and oxygen atoms in total. The number of rotatable bonds is 7. The van der Waals surface area contributed by atoms with Gasteiger partial charge in [-0.05, 0) is 24.1 Å². The van der Waals surface area contributed by atoms with Gasteiger partial charge in [0.25, 0.3) is 0 Å². The van der Waals surface area contributed by atoms with Crippen molar-refractivity contribution in [3.05, 3.63) is 29.8 Å². The normalized spacial score (nSPS) is 11.7. The van der Waals surface area contributed by atoms with Crippen LogP contribution in [0.15, 0.2) is 24.3 Å². The topological polar surface area (TPSA) is 89.9 Å². The number of phenols is 1. The molecule has 0 unspecified atom stereocenters. The monoisotopic (exact) mass is 294 g/mol. The van der Waals surface area contributed by atoms with Gasteiger partial charge in [0.2, 0.25) is 0 Å². The first-order valence-electron chi connectivity index (χ1n) is 6.96. The number of amides is 2. The number of carboxylic acids is 1. The third-order valence-electron chi connectivity index (χ3n) is 3.17. The number of nitrogens with one attached hydrogen (secondary N) is 1. The van der Waals surface area contributed by atoms with E-state index >= 15 is 0 Å². The lowest BCUT2D eigenvalue weighted by atomic mass is 10.1. The van der Waals surface area contributed by atoms with E-state index in [0.29, 0.717) is 6.54 Å². The van der Waals surface area contributed by atoms with Crippen molar-refractivity contribution in [2.24, 2.45) is 0 Å². The zero-order valence-electron chi connectivity index (χ0n) is 12.4. The molecule has 0 saturated carbocycles. The van der Waals surface area contributed by atoms with E-state index in [4.69, 9.17) is 0 Å². The summed E-state index contributed by atoms with van der Waals surface area (Å²) in [6.07, 6.45) is 2.01. The van der Waals surface area contributed by atoms with Crippen LogP contribution in [0.1, 0.15) is 25.3 Å². The van der Waals surface area contributed by atoms with Gasteiger partial charge in [0.15, 0.2) is 0 Å². The maximum atomic E-state index is 11.9. The minimum Gasteiger partial charge on any atom is -0.508 e. The molecule has 0 aliphatic carbocycles. The molecule has 0 radical (unpaired) electrons. The summed E-state index contributed by atoms with van der Waals surface area (Å²) in [6, 6.07) is 4.87.